The first-order valence-corrected chi connectivity index (χ1v) is 5.62. The van der Waals surface area contributed by atoms with Crippen molar-refractivity contribution in [3.63, 3.8) is 0 Å². The Bertz CT molecular complexity index is 688. The van der Waals surface area contributed by atoms with Crippen molar-refractivity contribution in [3.05, 3.63) is 36.4 Å². The summed E-state index contributed by atoms with van der Waals surface area (Å²) in [5.41, 5.74) is 5.44. The third kappa shape index (κ3) is 1.66. The van der Waals surface area contributed by atoms with Crippen LogP contribution in [0.1, 0.15) is 10.5 Å². The normalized spacial score (nSPS) is 10.8. The van der Waals surface area contributed by atoms with Crippen molar-refractivity contribution in [1.29, 1.82) is 0 Å². The smallest absolute Gasteiger partial charge is 0.267 e. The highest BCUT2D eigenvalue weighted by Crippen LogP contribution is 2.27. The standard InChI is InChI=1S/C10H7N5OS/c11-10(16)7-3-6-4-9(15-2-1-13-14-15)17-8(6)5-12-7/h1-5H,(H2,11,16). The Morgan fingerprint density at radius 2 is 2.29 bits per heavy atom. The first-order chi connectivity index (χ1) is 8.24. The number of thiophene rings is 1. The number of nitrogens with zero attached hydrogens (tertiary/aromatic N) is 4. The third-order valence-electron chi connectivity index (χ3n) is 2.29. The zero-order valence-corrected chi connectivity index (χ0v) is 9.39. The molecule has 0 aliphatic heterocycles. The van der Waals surface area contributed by atoms with E-state index < -0.39 is 5.91 Å². The fourth-order valence-corrected chi connectivity index (χ4v) is 2.45. The molecule has 0 aliphatic rings. The van der Waals surface area contributed by atoms with Gasteiger partial charge < -0.3 is 5.73 Å². The van der Waals surface area contributed by atoms with Crippen molar-refractivity contribution >= 4 is 27.3 Å². The molecule has 0 spiro atoms. The lowest BCUT2D eigenvalue weighted by atomic mass is 10.2. The Morgan fingerprint density at radius 3 is 3.00 bits per heavy atom. The van der Waals surface area contributed by atoms with Crippen molar-refractivity contribution in [2.24, 2.45) is 5.73 Å². The first-order valence-electron chi connectivity index (χ1n) is 4.80. The average Bonchev–Trinajstić information content (AvgIpc) is 2.96. The molecule has 84 valence electrons. The van der Waals surface area contributed by atoms with Crippen LogP contribution in [0.2, 0.25) is 0 Å². The number of hydrogen-bond acceptors (Lipinski definition) is 5. The van der Waals surface area contributed by atoms with E-state index in [4.69, 9.17) is 5.73 Å². The van der Waals surface area contributed by atoms with Crippen molar-refractivity contribution in [2.75, 3.05) is 0 Å². The maximum atomic E-state index is 11.0. The minimum atomic E-state index is -0.527. The second-order valence-electron chi connectivity index (χ2n) is 3.40. The van der Waals surface area contributed by atoms with E-state index in [1.54, 1.807) is 29.3 Å². The molecule has 3 aromatic heterocycles. The average molecular weight is 245 g/mol. The molecule has 0 saturated carbocycles. The molecule has 0 radical (unpaired) electrons. The van der Waals surface area contributed by atoms with Crippen molar-refractivity contribution < 1.29 is 4.79 Å². The van der Waals surface area contributed by atoms with Crippen molar-refractivity contribution in [3.8, 4) is 5.00 Å². The minimum Gasteiger partial charge on any atom is -0.364 e. The van der Waals surface area contributed by atoms with Gasteiger partial charge in [-0.15, -0.1) is 16.4 Å². The summed E-state index contributed by atoms with van der Waals surface area (Å²) in [6.45, 7) is 0. The van der Waals surface area contributed by atoms with Crippen LogP contribution in [0.4, 0.5) is 0 Å². The predicted octanol–water partition coefficient (Wildman–Crippen LogP) is 0.976. The van der Waals surface area contributed by atoms with Gasteiger partial charge >= 0.3 is 0 Å². The molecular weight excluding hydrogens is 238 g/mol. The Hall–Kier alpha value is -2.28. The van der Waals surface area contributed by atoms with Gasteiger partial charge in [-0.2, -0.15) is 0 Å². The van der Waals surface area contributed by atoms with Crippen molar-refractivity contribution in [2.45, 2.75) is 0 Å². The summed E-state index contributed by atoms with van der Waals surface area (Å²) in [7, 11) is 0. The van der Waals surface area contributed by atoms with E-state index in [-0.39, 0.29) is 5.69 Å². The van der Waals surface area contributed by atoms with Gasteiger partial charge in [0, 0.05) is 6.20 Å². The molecule has 3 aromatic rings. The van der Waals surface area contributed by atoms with Gasteiger partial charge in [0.2, 0.25) is 0 Å². The topological polar surface area (TPSA) is 86.7 Å². The Morgan fingerprint density at radius 1 is 1.41 bits per heavy atom. The number of nitrogens with two attached hydrogens (primary N) is 1. The molecule has 1 amide bonds. The number of aromatic nitrogens is 4. The van der Waals surface area contributed by atoms with Gasteiger partial charge in [0.1, 0.15) is 10.7 Å². The van der Waals surface area contributed by atoms with Crippen LogP contribution in [0.3, 0.4) is 0 Å². The number of carbonyl (C=O) groups excluding carboxylic acids is 1. The van der Waals surface area contributed by atoms with Crippen LogP contribution in [0, 0.1) is 0 Å². The molecule has 0 saturated heterocycles. The van der Waals surface area contributed by atoms with Gasteiger partial charge in [0.15, 0.2) is 0 Å². The van der Waals surface area contributed by atoms with E-state index in [1.807, 2.05) is 6.07 Å². The van der Waals surface area contributed by atoms with E-state index in [9.17, 15) is 4.79 Å². The van der Waals surface area contributed by atoms with Gasteiger partial charge in [0.25, 0.3) is 5.91 Å². The van der Waals surface area contributed by atoms with Gasteiger partial charge in [-0.1, -0.05) is 5.21 Å². The summed E-state index contributed by atoms with van der Waals surface area (Å²) < 4.78 is 2.63. The fourth-order valence-electron chi connectivity index (χ4n) is 1.51. The molecule has 0 unspecified atom stereocenters. The lowest BCUT2D eigenvalue weighted by molar-refractivity contribution is 0.0996. The summed E-state index contributed by atoms with van der Waals surface area (Å²) in [6, 6.07) is 3.59. The fraction of sp³-hybridized carbons (Fsp3) is 0. The predicted molar refractivity (Wildman–Crippen MR) is 63.1 cm³/mol. The van der Waals surface area contributed by atoms with Crippen LogP contribution in [0.25, 0.3) is 15.1 Å². The highest BCUT2D eigenvalue weighted by atomic mass is 32.1. The third-order valence-corrected chi connectivity index (χ3v) is 3.37. The molecule has 6 nitrogen and oxygen atoms in total. The quantitative estimate of drug-likeness (QED) is 0.729. The molecule has 0 atom stereocenters. The van der Waals surface area contributed by atoms with E-state index in [1.165, 1.54) is 11.3 Å². The number of hydrogen-bond donors (Lipinski definition) is 1. The van der Waals surface area contributed by atoms with Gasteiger partial charge in [-0.25, -0.2) is 9.67 Å². The second kappa shape index (κ2) is 3.63. The van der Waals surface area contributed by atoms with E-state index in [0.717, 1.165) is 15.1 Å². The minimum absolute atomic E-state index is 0.264. The number of fused-ring (bicyclic) bond motifs is 1. The maximum Gasteiger partial charge on any atom is 0.267 e. The molecule has 3 heterocycles. The van der Waals surface area contributed by atoms with Crippen LogP contribution >= 0.6 is 11.3 Å². The summed E-state index contributed by atoms with van der Waals surface area (Å²) >= 11 is 1.52. The largest absolute Gasteiger partial charge is 0.364 e. The van der Waals surface area contributed by atoms with Crippen LogP contribution in [0.5, 0.6) is 0 Å². The molecule has 3 rings (SSSR count). The van der Waals surface area contributed by atoms with Crippen LogP contribution in [0.15, 0.2) is 30.7 Å². The van der Waals surface area contributed by atoms with Gasteiger partial charge in [-0.3, -0.25) is 4.79 Å². The van der Waals surface area contributed by atoms with Crippen molar-refractivity contribution in [1.82, 2.24) is 20.0 Å². The lowest BCUT2D eigenvalue weighted by Crippen LogP contribution is -2.12. The van der Waals surface area contributed by atoms with E-state index in [2.05, 4.69) is 15.3 Å². The van der Waals surface area contributed by atoms with Gasteiger partial charge in [-0.05, 0) is 17.5 Å². The first kappa shape index (κ1) is 9.91. The summed E-state index contributed by atoms with van der Waals surface area (Å²) in [5, 5.41) is 9.49. The molecule has 0 fully saturated rings. The summed E-state index contributed by atoms with van der Waals surface area (Å²) in [4.78, 5) is 15.0. The van der Waals surface area contributed by atoms with Gasteiger partial charge in [0.05, 0.1) is 17.1 Å². The van der Waals surface area contributed by atoms with Crippen LogP contribution in [-0.2, 0) is 0 Å². The number of amides is 1. The molecule has 2 N–H and O–H groups in total. The molecule has 17 heavy (non-hydrogen) atoms. The van der Waals surface area contributed by atoms with E-state index >= 15 is 0 Å². The molecule has 0 aromatic carbocycles. The lowest BCUT2D eigenvalue weighted by Gasteiger charge is -1.92. The SMILES string of the molecule is NC(=O)c1cc2cc(-n3ccnn3)sc2cn1. The number of carbonyl (C=O) groups is 1. The molecular formula is C10H7N5OS. The number of pyridine rings is 1. The van der Waals surface area contributed by atoms with Crippen LogP contribution < -0.4 is 5.73 Å². The zero-order chi connectivity index (χ0) is 11.8. The Balaban J connectivity index is 2.16. The van der Waals surface area contributed by atoms with E-state index in [0.29, 0.717) is 0 Å². The highest BCUT2D eigenvalue weighted by molar-refractivity contribution is 7.21. The Labute approximate surface area is 99.7 Å². The molecule has 0 bridgehead atoms. The zero-order valence-electron chi connectivity index (χ0n) is 8.57. The number of rotatable bonds is 2. The molecule has 0 aliphatic carbocycles. The highest BCUT2D eigenvalue weighted by Gasteiger charge is 2.08. The second-order valence-corrected chi connectivity index (χ2v) is 4.47. The van der Waals surface area contributed by atoms with Crippen LogP contribution in [-0.4, -0.2) is 25.9 Å². The Kier molecular flexibility index (Phi) is 2.12. The maximum absolute atomic E-state index is 11.0. The monoisotopic (exact) mass is 245 g/mol. The summed E-state index contributed by atoms with van der Waals surface area (Å²) in [5.74, 6) is -0.527. The molecule has 7 heteroatoms. The summed E-state index contributed by atoms with van der Waals surface area (Å²) in [6.07, 6.45) is 5.01. The number of primary amides is 1.